The molecule has 1 saturated carbocycles. The number of aliphatic hydroxyl groups excluding tert-OH is 2. The molecule has 1 aliphatic rings. The number of benzene rings is 2. The van der Waals surface area contributed by atoms with Gasteiger partial charge in [-0.3, -0.25) is 4.79 Å². The number of carboxylic acid groups (broad SMARTS) is 1. The highest BCUT2D eigenvalue weighted by atomic mass is 35.5. The number of ether oxygens (including phenoxy) is 1. The molecule has 1 fully saturated rings. The lowest BCUT2D eigenvalue weighted by atomic mass is 10.0. The zero-order valence-corrected chi connectivity index (χ0v) is 26.9. The number of anilines is 1. The number of nitrogens with two attached hydrogens (primary N) is 1. The van der Waals surface area contributed by atoms with Gasteiger partial charge in [0.25, 0.3) is 0 Å². The maximum Gasteiger partial charge on any atom is 0.320 e. The number of aromatic nitrogens is 3. The van der Waals surface area contributed by atoms with Gasteiger partial charge in [0.05, 0.1) is 17.5 Å². The molecule has 14 heteroatoms. The summed E-state index contributed by atoms with van der Waals surface area (Å²) in [7, 11) is 1.78. The van der Waals surface area contributed by atoms with Crippen LogP contribution in [0.5, 0.6) is 11.5 Å². The van der Waals surface area contributed by atoms with E-state index in [9.17, 15) is 24.5 Å². The van der Waals surface area contributed by atoms with Crippen LogP contribution in [-0.4, -0.2) is 92.2 Å². The summed E-state index contributed by atoms with van der Waals surface area (Å²) in [5.74, 6) is -0.518. The SMILES string of the molecule is CNc1ncnc2c1ccn2[C@@H]1C[C@H](CN(CCCNCc2ccc(Oc3ccc(Cl)cc3)c(F)c2)CC[C@H](N)C(=O)O)[C@@H](O)[C@H]1O. The van der Waals surface area contributed by atoms with E-state index in [1.807, 2.05) is 16.8 Å². The van der Waals surface area contributed by atoms with Gasteiger partial charge < -0.3 is 45.9 Å². The molecule has 2 aromatic heterocycles. The van der Waals surface area contributed by atoms with Crippen molar-refractivity contribution in [2.75, 3.05) is 38.5 Å². The van der Waals surface area contributed by atoms with Gasteiger partial charge in [-0.05, 0) is 80.4 Å². The average Bonchev–Trinajstić information content (AvgIpc) is 3.61. The Labute approximate surface area is 277 Å². The van der Waals surface area contributed by atoms with Crippen molar-refractivity contribution in [1.82, 2.24) is 24.8 Å². The van der Waals surface area contributed by atoms with Crippen LogP contribution in [0, 0.1) is 11.7 Å². The first kappa shape index (κ1) is 34.5. The molecule has 12 nitrogen and oxygen atoms in total. The number of nitrogens with zero attached hydrogens (tertiary/aromatic N) is 4. The van der Waals surface area contributed by atoms with Crippen molar-refractivity contribution < 1.29 is 29.2 Å². The molecule has 0 saturated heterocycles. The smallest absolute Gasteiger partial charge is 0.320 e. The first-order valence-electron chi connectivity index (χ1n) is 15.6. The second kappa shape index (κ2) is 15.8. The van der Waals surface area contributed by atoms with Gasteiger partial charge in [-0.15, -0.1) is 0 Å². The van der Waals surface area contributed by atoms with Crippen LogP contribution >= 0.6 is 11.6 Å². The van der Waals surface area contributed by atoms with Crippen LogP contribution in [0.1, 0.15) is 30.9 Å². The third kappa shape index (κ3) is 8.55. The Kier molecular flexibility index (Phi) is 11.6. The monoisotopic (exact) mass is 669 g/mol. The van der Waals surface area contributed by atoms with Crippen molar-refractivity contribution in [2.45, 2.75) is 50.1 Å². The fourth-order valence-electron chi connectivity index (χ4n) is 6.09. The molecule has 5 rings (SSSR count). The number of rotatable bonds is 16. The zero-order valence-electron chi connectivity index (χ0n) is 26.1. The molecule has 0 unspecified atom stereocenters. The Morgan fingerprint density at radius 3 is 2.68 bits per heavy atom. The topological polar surface area (TPSA) is 171 Å². The van der Waals surface area contributed by atoms with Crippen LogP contribution in [0.2, 0.25) is 5.02 Å². The van der Waals surface area contributed by atoms with Gasteiger partial charge in [-0.1, -0.05) is 17.7 Å². The molecule has 1 aliphatic carbocycles. The van der Waals surface area contributed by atoms with Crippen molar-refractivity contribution in [3.63, 3.8) is 0 Å². The minimum Gasteiger partial charge on any atom is -0.480 e. The van der Waals surface area contributed by atoms with Crippen molar-refractivity contribution in [2.24, 2.45) is 11.7 Å². The molecular formula is C33H41ClFN7O5. The number of carboxylic acids is 1. The van der Waals surface area contributed by atoms with Gasteiger partial charge in [0, 0.05) is 43.8 Å². The second-order valence-electron chi connectivity index (χ2n) is 11.9. The minimum absolute atomic E-state index is 0.119. The summed E-state index contributed by atoms with van der Waals surface area (Å²) in [5, 5.41) is 39.2. The minimum atomic E-state index is -1.07. The second-order valence-corrected chi connectivity index (χ2v) is 12.3. The number of hydrogen-bond donors (Lipinski definition) is 6. The van der Waals surface area contributed by atoms with Crippen LogP contribution < -0.4 is 21.1 Å². The molecule has 2 aromatic carbocycles. The number of fused-ring (bicyclic) bond motifs is 1. The highest BCUT2D eigenvalue weighted by Crippen LogP contribution is 2.38. The first-order valence-corrected chi connectivity index (χ1v) is 16.0. The van der Waals surface area contributed by atoms with Crippen molar-refractivity contribution in [3.8, 4) is 11.5 Å². The van der Waals surface area contributed by atoms with E-state index in [-0.39, 0.29) is 24.1 Å². The van der Waals surface area contributed by atoms with Gasteiger partial charge >= 0.3 is 5.97 Å². The lowest BCUT2D eigenvalue weighted by molar-refractivity contribution is -0.138. The van der Waals surface area contributed by atoms with Gasteiger partial charge in [0.1, 0.15) is 35.7 Å². The molecule has 0 amide bonds. The summed E-state index contributed by atoms with van der Waals surface area (Å²) in [6.45, 7) is 2.55. The Morgan fingerprint density at radius 2 is 1.96 bits per heavy atom. The molecule has 47 heavy (non-hydrogen) atoms. The van der Waals surface area contributed by atoms with Crippen LogP contribution in [0.4, 0.5) is 10.2 Å². The average molecular weight is 670 g/mol. The normalized spacial score (nSPS) is 20.1. The number of nitrogens with one attached hydrogen (secondary N) is 2. The Balaban J connectivity index is 1.15. The molecule has 2 heterocycles. The number of halogens is 2. The molecular weight excluding hydrogens is 629 g/mol. The summed E-state index contributed by atoms with van der Waals surface area (Å²) in [6, 6.07) is 12.0. The highest BCUT2D eigenvalue weighted by Gasteiger charge is 2.43. The van der Waals surface area contributed by atoms with Crippen LogP contribution in [0.25, 0.3) is 11.0 Å². The van der Waals surface area contributed by atoms with Crippen LogP contribution in [0.15, 0.2) is 61.1 Å². The van der Waals surface area contributed by atoms with Crippen molar-refractivity contribution >= 4 is 34.4 Å². The van der Waals surface area contributed by atoms with E-state index in [4.69, 9.17) is 22.1 Å². The van der Waals surface area contributed by atoms with Gasteiger partial charge in [0.2, 0.25) is 0 Å². The van der Waals surface area contributed by atoms with E-state index in [1.165, 1.54) is 12.4 Å². The van der Waals surface area contributed by atoms with Gasteiger partial charge in [-0.2, -0.15) is 0 Å². The van der Waals surface area contributed by atoms with E-state index >= 15 is 0 Å². The maximum atomic E-state index is 14.7. The number of carbonyl (C=O) groups is 1. The lowest BCUT2D eigenvalue weighted by Gasteiger charge is -2.28. The van der Waals surface area contributed by atoms with E-state index in [1.54, 1.807) is 43.4 Å². The largest absolute Gasteiger partial charge is 0.480 e. The molecule has 0 spiro atoms. The quantitative estimate of drug-likeness (QED) is 0.0963. The fourth-order valence-corrected chi connectivity index (χ4v) is 6.22. The molecule has 5 atom stereocenters. The zero-order chi connectivity index (χ0) is 33.5. The summed E-state index contributed by atoms with van der Waals surface area (Å²) >= 11 is 5.90. The van der Waals surface area contributed by atoms with Crippen molar-refractivity contribution in [1.29, 1.82) is 0 Å². The Hall–Kier alpha value is -3.85. The van der Waals surface area contributed by atoms with E-state index in [0.717, 1.165) is 10.9 Å². The van der Waals surface area contributed by atoms with E-state index < -0.39 is 30.0 Å². The van der Waals surface area contributed by atoms with Gasteiger partial charge in [-0.25, -0.2) is 14.4 Å². The molecule has 252 valence electrons. The summed E-state index contributed by atoms with van der Waals surface area (Å²) < 4.78 is 22.2. The lowest BCUT2D eigenvalue weighted by Crippen LogP contribution is -2.40. The van der Waals surface area contributed by atoms with Crippen LogP contribution in [0.3, 0.4) is 0 Å². The molecule has 0 aliphatic heterocycles. The predicted octanol–water partition coefficient (Wildman–Crippen LogP) is 3.62. The first-order chi connectivity index (χ1) is 22.6. The highest BCUT2D eigenvalue weighted by molar-refractivity contribution is 6.30. The Bertz CT molecular complexity index is 1640. The third-order valence-electron chi connectivity index (χ3n) is 8.64. The predicted molar refractivity (Wildman–Crippen MR) is 177 cm³/mol. The van der Waals surface area contributed by atoms with E-state index in [0.29, 0.717) is 67.8 Å². The number of aliphatic hydroxyl groups is 2. The summed E-state index contributed by atoms with van der Waals surface area (Å²) in [5.41, 5.74) is 7.23. The summed E-state index contributed by atoms with van der Waals surface area (Å²) in [4.78, 5) is 22.1. The molecule has 0 radical (unpaired) electrons. The maximum absolute atomic E-state index is 14.7. The number of hydrogen-bond acceptors (Lipinski definition) is 10. The van der Waals surface area contributed by atoms with E-state index in [2.05, 4.69) is 25.5 Å². The molecule has 4 aromatic rings. The Morgan fingerprint density at radius 1 is 1.17 bits per heavy atom. The van der Waals surface area contributed by atoms with Gasteiger partial charge in [0.15, 0.2) is 11.6 Å². The van der Waals surface area contributed by atoms with Crippen LogP contribution in [-0.2, 0) is 11.3 Å². The third-order valence-corrected chi connectivity index (χ3v) is 8.89. The number of aliphatic carboxylic acids is 1. The molecule has 0 bridgehead atoms. The fraction of sp³-hybridized carbons (Fsp3) is 0.424. The summed E-state index contributed by atoms with van der Waals surface area (Å²) in [6.07, 6.45) is 2.80. The van der Waals surface area contributed by atoms with Crippen molar-refractivity contribution in [3.05, 3.63) is 77.5 Å². The standard InChI is InChI=1S/C33H41ClFN7O5/c1-37-31-24-9-14-42(32(24)40-19-39-31)27-16-21(29(43)30(27)44)18-41(13-10-26(36)33(45)46)12-2-11-38-17-20-3-8-28(25(35)15-20)47-23-6-4-22(34)5-7-23/h3-9,14-15,19,21,26-27,29-30,38,43-44H,2,10-13,16-18,36H2,1H3,(H,45,46)(H,37,39,40)/t21-,26+,27-,29-,30+/m1/s1. The molecule has 7 N–H and O–H groups in total.